The van der Waals surface area contributed by atoms with E-state index in [0.717, 1.165) is 11.8 Å². The van der Waals surface area contributed by atoms with E-state index in [0.29, 0.717) is 36.3 Å². The van der Waals surface area contributed by atoms with Crippen LogP contribution in [0.2, 0.25) is 0 Å². The summed E-state index contributed by atoms with van der Waals surface area (Å²) >= 11 is 1.27. The summed E-state index contributed by atoms with van der Waals surface area (Å²) in [6.07, 6.45) is 0. The van der Waals surface area contributed by atoms with Gasteiger partial charge in [-0.15, -0.1) is 11.8 Å². The van der Waals surface area contributed by atoms with Gasteiger partial charge in [0.25, 0.3) is 5.69 Å². The monoisotopic (exact) mass is 466 g/mol. The van der Waals surface area contributed by atoms with Crippen molar-refractivity contribution in [3.63, 3.8) is 0 Å². The highest BCUT2D eigenvalue weighted by atomic mass is 32.2. The normalized spacial score (nSPS) is 11.8. The first-order valence-corrected chi connectivity index (χ1v) is 12.7. The summed E-state index contributed by atoms with van der Waals surface area (Å²) < 4.78 is 32.4. The highest BCUT2D eigenvalue weighted by Crippen LogP contribution is 2.32. The van der Waals surface area contributed by atoms with Crippen LogP contribution in [0.4, 0.5) is 5.69 Å². The molecule has 170 valence electrons. The topological polar surface area (TPSA) is 89.8 Å². The summed E-state index contributed by atoms with van der Waals surface area (Å²) in [6, 6.07) is 10.1. The molecule has 0 heterocycles. The standard InChI is InChI=1S/C22H30N2O5S2/c1-6-23(7-2)31(27,28)19-9-11-22(21(15-19)24(25)26)30-13-12-29-18-8-10-20(16(3)4)17(5)14-18/h8-11,14-16H,6-7,12-13H2,1-5H3. The van der Waals surface area contributed by atoms with Gasteiger partial charge in [0.2, 0.25) is 10.0 Å². The molecule has 0 amide bonds. The van der Waals surface area contributed by atoms with E-state index in [1.165, 1.54) is 39.3 Å². The Bertz CT molecular complexity index is 1020. The second-order valence-corrected chi connectivity index (χ2v) is 10.4. The van der Waals surface area contributed by atoms with E-state index in [9.17, 15) is 18.5 Å². The number of thioether (sulfide) groups is 1. The third kappa shape index (κ3) is 6.21. The first-order chi connectivity index (χ1) is 14.6. The van der Waals surface area contributed by atoms with E-state index in [1.54, 1.807) is 13.8 Å². The predicted octanol–water partition coefficient (Wildman–Crippen LogP) is 5.23. The lowest BCUT2D eigenvalue weighted by molar-refractivity contribution is -0.388. The fourth-order valence-corrected chi connectivity index (χ4v) is 5.64. The van der Waals surface area contributed by atoms with Gasteiger partial charge in [0, 0.05) is 24.9 Å². The molecule has 0 saturated carbocycles. The van der Waals surface area contributed by atoms with Gasteiger partial charge in [-0.3, -0.25) is 10.1 Å². The van der Waals surface area contributed by atoms with E-state index in [2.05, 4.69) is 19.9 Å². The number of sulfonamides is 1. The van der Waals surface area contributed by atoms with Crippen LogP contribution in [0.1, 0.15) is 44.7 Å². The molecule has 0 atom stereocenters. The van der Waals surface area contributed by atoms with Crippen LogP contribution in [0, 0.1) is 17.0 Å². The van der Waals surface area contributed by atoms with Crippen LogP contribution >= 0.6 is 11.8 Å². The molecular weight excluding hydrogens is 436 g/mol. The molecule has 7 nitrogen and oxygen atoms in total. The summed E-state index contributed by atoms with van der Waals surface area (Å²) in [7, 11) is -3.75. The molecule has 2 rings (SSSR count). The minimum absolute atomic E-state index is 0.0655. The Hall–Kier alpha value is -2.10. The Morgan fingerprint density at radius 3 is 2.35 bits per heavy atom. The molecule has 0 spiro atoms. The highest BCUT2D eigenvalue weighted by molar-refractivity contribution is 7.99. The summed E-state index contributed by atoms with van der Waals surface area (Å²) in [5, 5.41) is 11.5. The molecule has 0 fully saturated rings. The molecule has 0 radical (unpaired) electrons. The number of rotatable bonds is 11. The highest BCUT2D eigenvalue weighted by Gasteiger charge is 2.25. The first kappa shape index (κ1) is 25.2. The molecule has 0 N–H and O–H groups in total. The van der Waals surface area contributed by atoms with E-state index < -0.39 is 14.9 Å². The third-order valence-electron chi connectivity index (χ3n) is 4.94. The molecule has 0 unspecified atom stereocenters. The summed E-state index contributed by atoms with van der Waals surface area (Å²) in [6.45, 7) is 10.8. The van der Waals surface area contributed by atoms with Crippen molar-refractivity contribution in [2.45, 2.75) is 50.3 Å². The number of benzene rings is 2. The van der Waals surface area contributed by atoms with Crippen LogP contribution < -0.4 is 4.74 Å². The molecule has 0 aliphatic rings. The second-order valence-electron chi connectivity index (χ2n) is 7.35. The largest absolute Gasteiger partial charge is 0.493 e. The van der Waals surface area contributed by atoms with Gasteiger partial charge in [-0.1, -0.05) is 33.8 Å². The van der Waals surface area contributed by atoms with Crippen LogP contribution in [-0.2, 0) is 10.0 Å². The van der Waals surface area contributed by atoms with E-state index in [1.807, 2.05) is 19.1 Å². The zero-order valence-electron chi connectivity index (χ0n) is 18.6. The maximum atomic E-state index is 12.7. The quantitative estimate of drug-likeness (QED) is 0.195. The average Bonchev–Trinajstić information content (AvgIpc) is 2.71. The average molecular weight is 467 g/mol. The zero-order chi connectivity index (χ0) is 23.2. The van der Waals surface area contributed by atoms with Crippen molar-refractivity contribution in [1.82, 2.24) is 4.31 Å². The molecule has 9 heteroatoms. The van der Waals surface area contributed by atoms with Crippen molar-refractivity contribution in [3.05, 3.63) is 57.6 Å². The van der Waals surface area contributed by atoms with Crippen LogP contribution in [0.3, 0.4) is 0 Å². The summed E-state index contributed by atoms with van der Waals surface area (Å²) in [5.41, 5.74) is 2.23. The Morgan fingerprint density at radius 1 is 1.13 bits per heavy atom. The number of ether oxygens (including phenoxy) is 1. The molecule has 0 aliphatic heterocycles. The van der Waals surface area contributed by atoms with Gasteiger partial charge in [-0.25, -0.2) is 8.42 Å². The van der Waals surface area contributed by atoms with Crippen molar-refractivity contribution in [2.75, 3.05) is 25.4 Å². The number of hydrogen-bond donors (Lipinski definition) is 0. The van der Waals surface area contributed by atoms with Crippen molar-refractivity contribution in [2.24, 2.45) is 0 Å². The minimum atomic E-state index is -3.75. The van der Waals surface area contributed by atoms with Gasteiger partial charge in [-0.2, -0.15) is 4.31 Å². The number of nitrogens with zero attached hydrogens (tertiary/aromatic N) is 2. The minimum Gasteiger partial charge on any atom is -0.493 e. The molecule has 31 heavy (non-hydrogen) atoms. The van der Waals surface area contributed by atoms with Crippen molar-refractivity contribution >= 4 is 27.5 Å². The molecule has 2 aromatic carbocycles. The lowest BCUT2D eigenvalue weighted by Gasteiger charge is -2.18. The predicted molar refractivity (Wildman–Crippen MR) is 125 cm³/mol. The van der Waals surface area contributed by atoms with Gasteiger partial charge in [-0.05, 0) is 48.2 Å². The van der Waals surface area contributed by atoms with Gasteiger partial charge >= 0.3 is 0 Å². The van der Waals surface area contributed by atoms with E-state index in [4.69, 9.17) is 4.74 Å². The van der Waals surface area contributed by atoms with Crippen LogP contribution in [0.15, 0.2) is 46.2 Å². The molecule has 0 aliphatic carbocycles. The molecule has 2 aromatic rings. The SMILES string of the molecule is CCN(CC)S(=O)(=O)c1ccc(SCCOc2ccc(C(C)C)c(C)c2)c([N+](=O)[O-])c1. The Kier molecular flexibility index (Phi) is 8.90. The number of aryl methyl sites for hydroxylation is 1. The van der Waals surface area contributed by atoms with Gasteiger partial charge < -0.3 is 4.74 Å². The third-order valence-corrected chi connectivity index (χ3v) is 8.02. The number of nitro benzene ring substituents is 1. The maximum absolute atomic E-state index is 12.7. The van der Waals surface area contributed by atoms with Gasteiger partial charge in [0.05, 0.1) is 21.3 Å². The lowest BCUT2D eigenvalue weighted by atomic mass is 9.98. The molecule has 0 saturated heterocycles. The lowest BCUT2D eigenvalue weighted by Crippen LogP contribution is -2.30. The Morgan fingerprint density at radius 2 is 1.81 bits per heavy atom. The van der Waals surface area contributed by atoms with Crippen molar-refractivity contribution in [3.8, 4) is 5.75 Å². The van der Waals surface area contributed by atoms with Gasteiger partial charge in [0.1, 0.15) is 5.75 Å². The van der Waals surface area contributed by atoms with Crippen LogP contribution in [-0.4, -0.2) is 43.1 Å². The van der Waals surface area contributed by atoms with Crippen LogP contribution in [0.25, 0.3) is 0 Å². The fourth-order valence-electron chi connectivity index (χ4n) is 3.33. The van der Waals surface area contributed by atoms with Gasteiger partial charge in [0.15, 0.2) is 0 Å². The fraction of sp³-hybridized carbons (Fsp3) is 0.455. The summed E-state index contributed by atoms with van der Waals surface area (Å²) in [4.78, 5) is 11.3. The maximum Gasteiger partial charge on any atom is 0.284 e. The Balaban J connectivity index is 2.08. The zero-order valence-corrected chi connectivity index (χ0v) is 20.3. The molecule has 0 bridgehead atoms. The number of nitro groups is 1. The van der Waals surface area contributed by atoms with Crippen LogP contribution in [0.5, 0.6) is 5.75 Å². The van der Waals surface area contributed by atoms with E-state index in [-0.39, 0.29) is 10.6 Å². The van der Waals surface area contributed by atoms with Crippen molar-refractivity contribution < 1.29 is 18.1 Å². The van der Waals surface area contributed by atoms with Crippen molar-refractivity contribution in [1.29, 1.82) is 0 Å². The summed E-state index contributed by atoms with van der Waals surface area (Å²) in [5.74, 6) is 1.70. The second kappa shape index (κ2) is 11.0. The first-order valence-electron chi connectivity index (χ1n) is 10.3. The number of hydrogen-bond acceptors (Lipinski definition) is 6. The smallest absolute Gasteiger partial charge is 0.284 e. The van der Waals surface area contributed by atoms with E-state index >= 15 is 0 Å². The Labute approximate surface area is 189 Å². The molecular formula is C22H30N2O5S2. The molecule has 0 aromatic heterocycles.